The van der Waals surface area contributed by atoms with Crippen molar-refractivity contribution in [2.75, 3.05) is 7.11 Å². The molecule has 32 heavy (non-hydrogen) atoms. The molecule has 3 rings (SSSR count). The summed E-state index contributed by atoms with van der Waals surface area (Å²) in [5, 5.41) is 3.57. The number of aromatic nitrogens is 1. The van der Waals surface area contributed by atoms with E-state index in [1.54, 1.807) is 69.4 Å². The van der Waals surface area contributed by atoms with Gasteiger partial charge in [-0.15, -0.1) is 0 Å². The summed E-state index contributed by atoms with van der Waals surface area (Å²) < 4.78 is 10.2. The van der Waals surface area contributed by atoms with Gasteiger partial charge in [0.15, 0.2) is 0 Å². The van der Waals surface area contributed by atoms with Gasteiger partial charge in [0, 0.05) is 18.0 Å². The number of benzene rings is 2. The van der Waals surface area contributed by atoms with Crippen molar-refractivity contribution in [1.82, 2.24) is 10.3 Å². The molecule has 1 heterocycles. The average molecular weight is 434 g/mol. The lowest BCUT2D eigenvalue weighted by Gasteiger charge is -2.20. The maximum absolute atomic E-state index is 12.9. The number of hydrogen-bond donors (Lipinski definition) is 1. The van der Waals surface area contributed by atoms with E-state index in [4.69, 9.17) is 9.47 Å². The van der Waals surface area contributed by atoms with Crippen molar-refractivity contribution in [2.45, 2.75) is 38.8 Å². The predicted octanol–water partition coefficient (Wildman–Crippen LogP) is 3.70. The molecule has 0 unspecified atom stereocenters. The van der Waals surface area contributed by atoms with E-state index in [1.807, 2.05) is 12.1 Å². The van der Waals surface area contributed by atoms with Gasteiger partial charge in [-0.1, -0.05) is 30.3 Å². The van der Waals surface area contributed by atoms with E-state index in [0.717, 1.165) is 10.9 Å². The third kappa shape index (κ3) is 5.69. The highest BCUT2D eigenvalue weighted by Gasteiger charge is 2.24. The van der Waals surface area contributed by atoms with Crippen molar-refractivity contribution in [3.8, 4) is 0 Å². The zero-order valence-corrected chi connectivity index (χ0v) is 18.5. The lowest BCUT2D eigenvalue weighted by atomic mass is 10.0. The van der Waals surface area contributed by atoms with Crippen LogP contribution >= 0.6 is 0 Å². The number of fused-ring (bicyclic) bond motifs is 1. The minimum atomic E-state index is -0.904. The molecular formula is C25H26N2O5. The monoisotopic (exact) mass is 434 g/mol. The largest absolute Gasteiger partial charge is 0.467 e. The molecule has 166 valence electrons. The molecule has 2 aromatic carbocycles. The molecule has 0 aliphatic carbocycles. The Bertz CT molecular complexity index is 1130. The van der Waals surface area contributed by atoms with E-state index in [2.05, 4.69) is 10.3 Å². The summed E-state index contributed by atoms with van der Waals surface area (Å²) in [6.07, 6.45) is 1.81. The molecule has 7 heteroatoms. The quantitative estimate of drug-likeness (QED) is 0.595. The fraction of sp³-hybridized carbons (Fsp3) is 0.280. The Balaban J connectivity index is 1.77. The normalized spacial score (nSPS) is 12.1. The number of nitrogens with one attached hydrogen (secondary N) is 1. The van der Waals surface area contributed by atoms with E-state index in [0.29, 0.717) is 16.6 Å². The van der Waals surface area contributed by atoms with Crippen LogP contribution in [0.4, 0.5) is 0 Å². The third-order valence-electron chi connectivity index (χ3n) is 4.70. The third-order valence-corrected chi connectivity index (χ3v) is 4.70. The summed E-state index contributed by atoms with van der Waals surface area (Å²) in [7, 11) is 1.27. The van der Waals surface area contributed by atoms with Crippen molar-refractivity contribution in [2.24, 2.45) is 0 Å². The Morgan fingerprint density at radius 2 is 1.69 bits per heavy atom. The number of rotatable bonds is 6. The summed E-state index contributed by atoms with van der Waals surface area (Å²) in [5.41, 5.74) is 1.50. The van der Waals surface area contributed by atoms with Crippen LogP contribution in [-0.4, -0.2) is 41.6 Å². The second-order valence-electron chi connectivity index (χ2n) is 8.33. The predicted molar refractivity (Wildman–Crippen MR) is 120 cm³/mol. The van der Waals surface area contributed by atoms with E-state index in [1.165, 1.54) is 7.11 Å². The van der Waals surface area contributed by atoms with Gasteiger partial charge in [-0.3, -0.25) is 9.78 Å². The van der Waals surface area contributed by atoms with Gasteiger partial charge in [0.05, 0.1) is 23.8 Å². The molecule has 0 saturated heterocycles. The Kier molecular flexibility index (Phi) is 6.88. The van der Waals surface area contributed by atoms with Crippen LogP contribution in [0.2, 0.25) is 0 Å². The molecule has 1 aromatic heterocycles. The Morgan fingerprint density at radius 3 is 2.34 bits per heavy atom. The Hall–Kier alpha value is -3.74. The topological polar surface area (TPSA) is 94.6 Å². The van der Waals surface area contributed by atoms with E-state index >= 15 is 0 Å². The zero-order chi connectivity index (χ0) is 23.3. The minimum Gasteiger partial charge on any atom is -0.467 e. The Labute approximate surface area is 186 Å². The summed E-state index contributed by atoms with van der Waals surface area (Å²) in [5.74, 6) is -1.41. The number of carbonyl (C=O) groups is 3. The van der Waals surface area contributed by atoms with Crippen LogP contribution in [-0.2, 0) is 20.7 Å². The summed E-state index contributed by atoms with van der Waals surface area (Å²) >= 11 is 0. The van der Waals surface area contributed by atoms with E-state index < -0.39 is 29.5 Å². The van der Waals surface area contributed by atoms with E-state index in [-0.39, 0.29) is 6.42 Å². The van der Waals surface area contributed by atoms with Crippen LogP contribution in [0.1, 0.15) is 47.1 Å². The maximum atomic E-state index is 12.9. The van der Waals surface area contributed by atoms with Crippen LogP contribution in [0.25, 0.3) is 10.9 Å². The molecule has 0 aliphatic rings. The molecule has 0 bridgehead atoms. The van der Waals surface area contributed by atoms with Gasteiger partial charge in [0.2, 0.25) is 0 Å². The van der Waals surface area contributed by atoms with E-state index in [9.17, 15) is 14.4 Å². The van der Waals surface area contributed by atoms with Crippen molar-refractivity contribution in [1.29, 1.82) is 0 Å². The van der Waals surface area contributed by atoms with Crippen molar-refractivity contribution >= 4 is 28.7 Å². The fourth-order valence-electron chi connectivity index (χ4n) is 3.21. The van der Waals surface area contributed by atoms with Crippen LogP contribution in [0.5, 0.6) is 0 Å². The van der Waals surface area contributed by atoms with Gasteiger partial charge in [0.1, 0.15) is 11.6 Å². The van der Waals surface area contributed by atoms with Crippen LogP contribution in [0.15, 0.2) is 60.8 Å². The highest BCUT2D eigenvalue weighted by Crippen LogP contribution is 2.17. The SMILES string of the molecule is COC(=O)[C@H](Cc1ccc(C(=O)OC(C)(C)C)cc1)NC(=O)c1cccc2cccnc12. The highest BCUT2D eigenvalue weighted by molar-refractivity contribution is 6.06. The first-order chi connectivity index (χ1) is 15.2. The average Bonchev–Trinajstić information content (AvgIpc) is 2.77. The van der Waals surface area contributed by atoms with Crippen LogP contribution < -0.4 is 5.32 Å². The lowest BCUT2D eigenvalue weighted by Crippen LogP contribution is -2.43. The van der Waals surface area contributed by atoms with Gasteiger partial charge in [-0.05, 0) is 50.6 Å². The summed E-state index contributed by atoms with van der Waals surface area (Å²) in [6.45, 7) is 5.40. The second kappa shape index (κ2) is 9.60. The summed E-state index contributed by atoms with van der Waals surface area (Å²) in [6, 6.07) is 14.8. The fourth-order valence-corrected chi connectivity index (χ4v) is 3.21. The molecule has 0 saturated carbocycles. The Morgan fingerprint density at radius 1 is 1.00 bits per heavy atom. The molecule has 1 atom stereocenters. The molecule has 1 amide bonds. The molecule has 0 spiro atoms. The van der Waals surface area contributed by atoms with Gasteiger partial charge in [-0.2, -0.15) is 0 Å². The number of carbonyl (C=O) groups excluding carboxylic acids is 3. The molecule has 0 fully saturated rings. The number of methoxy groups -OCH3 is 1. The molecule has 0 aliphatic heterocycles. The second-order valence-corrected chi connectivity index (χ2v) is 8.33. The summed E-state index contributed by atoms with van der Waals surface area (Å²) in [4.78, 5) is 41.8. The van der Waals surface area contributed by atoms with Gasteiger partial charge in [-0.25, -0.2) is 9.59 Å². The molecule has 7 nitrogen and oxygen atoms in total. The molecular weight excluding hydrogens is 408 g/mol. The van der Waals surface area contributed by atoms with Crippen LogP contribution in [0.3, 0.4) is 0 Å². The molecule has 1 N–H and O–H groups in total. The van der Waals surface area contributed by atoms with Crippen molar-refractivity contribution in [3.05, 3.63) is 77.5 Å². The first kappa shape index (κ1) is 22.9. The maximum Gasteiger partial charge on any atom is 0.338 e. The number of para-hydroxylation sites is 1. The smallest absolute Gasteiger partial charge is 0.338 e. The number of pyridine rings is 1. The van der Waals surface area contributed by atoms with Gasteiger partial charge in [0.25, 0.3) is 5.91 Å². The number of hydrogen-bond acceptors (Lipinski definition) is 6. The number of esters is 2. The van der Waals surface area contributed by atoms with Crippen LogP contribution in [0, 0.1) is 0 Å². The number of amides is 1. The first-order valence-electron chi connectivity index (χ1n) is 10.2. The van der Waals surface area contributed by atoms with Gasteiger partial charge < -0.3 is 14.8 Å². The van der Waals surface area contributed by atoms with Gasteiger partial charge >= 0.3 is 11.9 Å². The zero-order valence-electron chi connectivity index (χ0n) is 18.5. The number of ether oxygens (including phenoxy) is 2. The number of nitrogens with zero attached hydrogens (tertiary/aromatic N) is 1. The van der Waals surface area contributed by atoms with Crippen molar-refractivity contribution in [3.63, 3.8) is 0 Å². The minimum absolute atomic E-state index is 0.200. The molecule has 3 aromatic rings. The lowest BCUT2D eigenvalue weighted by molar-refractivity contribution is -0.142. The highest BCUT2D eigenvalue weighted by atomic mass is 16.6. The molecule has 0 radical (unpaired) electrons. The van der Waals surface area contributed by atoms with Crippen molar-refractivity contribution < 1.29 is 23.9 Å². The standard InChI is InChI=1S/C25H26N2O5/c1-25(2,3)32-23(29)18-12-10-16(11-13-18)15-20(24(30)31-4)27-22(28)19-9-5-7-17-8-6-14-26-21(17)19/h5-14,20H,15H2,1-4H3,(H,27,28)/t20-/m0/s1. The first-order valence-corrected chi connectivity index (χ1v) is 10.2.